The quantitative estimate of drug-likeness (QED) is 0.820. The van der Waals surface area contributed by atoms with Crippen molar-refractivity contribution in [2.24, 2.45) is 5.73 Å². The Morgan fingerprint density at radius 1 is 1.28 bits per heavy atom. The predicted molar refractivity (Wildman–Crippen MR) is 73.5 cm³/mol. The van der Waals surface area contributed by atoms with Crippen molar-refractivity contribution in [3.63, 3.8) is 0 Å². The summed E-state index contributed by atoms with van der Waals surface area (Å²) < 4.78 is 31.3. The second-order valence-corrected chi connectivity index (χ2v) is 5.92. The van der Waals surface area contributed by atoms with E-state index in [9.17, 15) is 8.42 Å². The Morgan fingerprint density at radius 2 is 1.94 bits per heavy atom. The molecule has 3 N–H and O–H groups in total. The first-order chi connectivity index (χ1) is 8.39. The second kappa shape index (κ2) is 6.06. The lowest BCUT2D eigenvalue weighted by molar-refractivity contribution is 0.338. The number of anilines is 1. The van der Waals surface area contributed by atoms with Crippen molar-refractivity contribution in [3.8, 4) is 5.75 Å². The van der Waals surface area contributed by atoms with Gasteiger partial charge in [0, 0.05) is 6.54 Å². The zero-order valence-electron chi connectivity index (χ0n) is 11.0. The van der Waals surface area contributed by atoms with Crippen LogP contribution in [0.1, 0.15) is 18.1 Å². The zero-order valence-corrected chi connectivity index (χ0v) is 11.8. The molecule has 18 heavy (non-hydrogen) atoms. The van der Waals surface area contributed by atoms with Gasteiger partial charge in [-0.2, -0.15) is 0 Å². The summed E-state index contributed by atoms with van der Waals surface area (Å²) in [7, 11) is -3.36. The van der Waals surface area contributed by atoms with Crippen LogP contribution < -0.4 is 15.2 Å². The lowest BCUT2D eigenvalue weighted by Crippen LogP contribution is -2.22. The fourth-order valence-corrected chi connectivity index (χ4v) is 2.55. The van der Waals surface area contributed by atoms with Gasteiger partial charge in [0.2, 0.25) is 10.0 Å². The largest absolute Gasteiger partial charge is 0.494 e. The highest BCUT2D eigenvalue weighted by Gasteiger charge is 2.12. The highest BCUT2D eigenvalue weighted by molar-refractivity contribution is 7.92. The number of nitrogens with one attached hydrogen (secondary N) is 1. The highest BCUT2D eigenvalue weighted by Crippen LogP contribution is 2.26. The van der Waals surface area contributed by atoms with Crippen LogP contribution in [-0.2, 0) is 10.0 Å². The molecule has 0 fully saturated rings. The smallest absolute Gasteiger partial charge is 0.233 e. The maximum atomic E-state index is 11.7. The topological polar surface area (TPSA) is 81.4 Å². The fraction of sp³-hybridized carbons (Fsp3) is 0.500. The number of hydrogen-bond acceptors (Lipinski definition) is 4. The first kappa shape index (κ1) is 14.8. The van der Waals surface area contributed by atoms with E-state index in [0.29, 0.717) is 12.3 Å². The number of aryl methyl sites for hydroxylation is 2. The summed E-state index contributed by atoms with van der Waals surface area (Å²) in [5.74, 6) is 0.690. The Labute approximate surface area is 108 Å². The highest BCUT2D eigenvalue weighted by atomic mass is 32.2. The molecule has 0 aromatic heterocycles. The molecule has 1 aromatic carbocycles. The first-order valence-electron chi connectivity index (χ1n) is 5.84. The third-order valence-corrected chi connectivity index (χ3v) is 3.78. The summed E-state index contributed by atoms with van der Waals surface area (Å²) in [6, 6.07) is 3.60. The maximum Gasteiger partial charge on any atom is 0.233 e. The van der Waals surface area contributed by atoms with E-state index >= 15 is 0 Å². The standard InChI is InChI=1S/C12H20N2O3S/c1-4-17-12-8-9(2)11(7-10(12)3)14-18(15,16)6-5-13/h7-8,14H,4-6,13H2,1-3H3. The van der Waals surface area contributed by atoms with Crippen molar-refractivity contribution in [3.05, 3.63) is 23.3 Å². The molecule has 102 valence electrons. The second-order valence-electron chi connectivity index (χ2n) is 4.08. The van der Waals surface area contributed by atoms with E-state index in [4.69, 9.17) is 10.5 Å². The normalized spacial score (nSPS) is 11.3. The number of ether oxygens (including phenoxy) is 1. The Kier molecular flexibility index (Phi) is 4.98. The van der Waals surface area contributed by atoms with Gasteiger partial charge in [0.05, 0.1) is 18.0 Å². The molecule has 0 amide bonds. The van der Waals surface area contributed by atoms with Gasteiger partial charge in [0.1, 0.15) is 5.75 Å². The summed E-state index contributed by atoms with van der Waals surface area (Å²) in [4.78, 5) is 0. The van der Waals surface area contributed by atoms with Crippen LogP contribution in [0.5, 0.6) is 5.75 Å². The minimum Gasteiger partial charge on any atom is -0.494 e. The van der Waals surface area contributed by atoms with Crippen LogP contribution in [0.15, 0.2) is 12.1 Å². The average Bonchev–Trinajstić information content (AvgIpc) is 2.25. The predicted octanol–water partition coefficient (Wildman–Crippen LogP) is 1.40. The van der Waals surface area contributed by atoms with Crippen molar-refractivity contribution >= 4 is 15.7 Å². The summed E-state index contributed by atoms with van der Waals surface area (Å²) in [6.45, 7) is 6.31. The summed E-state index contributed by atoms with van der Waals surface area (Å²) in [6.07, 6.45) is 0. The number of hydrogen-bond donors (Lipinski definition) is 2. The fourth-order valence-electron chi connectivity index (χ4n) is 1.58. The van der Waals surface area contributed by atoms with Gasteiger partial charge in [0.25, 0.3) is 0 Å². The number of sulfonamides is 1. The van der Waals surface area contributed by atoms with Gasteiger partial charge in [-0.3, -0.25) is 4.72 Å². The molecule has 0 radical (unpaired) electrons. The molecule has 0 saturated heterocycles. The first-order valence-corrected chi connectivity index (χ1v) is 7.49. The lowest BCUT2D eigenvalue weighted by Gasteiger charge is -2.14. The summed E-state index contributed by atoms with van der Waals surface area (Å²) in [5.41, 5.74) is 7.55. The van der Waals surface area contributed by atoms with E-state index < -0.39 is 10.0 Å². The van der Waals surface area contributed by atoms with Gasteiger partial charge in [-0.05, 0) is 44.0 Å². The van der Waals surface area contributed by atoms with Gasteiger partial charge < -0.3 is 10.5 Å². The van der Waals surface area contributed by atoms with Crippen LogP contribution in [0, 0.1) is 13.8 Å². The van der Waals surface area contributed by atoms with Crippen LogP contribution in [-0.4, -0.2) is 27.3 Å². The van der Waals surface area contributed by atoms with Crippen molar-refractivity contribution in [1.82, 2.24) is 0 Å². The minimum atomic E-state index is -3.36. The third-order valence-electron chi connectivity index (χ3n) is 2.47. The molecule has 0 atom stereocenters. The van der Waals surface area contributed by atoms with Crippen LogP contribution in [0.3, 0.4) is 0 Å². The third kappa shape index (κ3) is 3.89. The van der Waals surface area contributed by atoms with E-state index in [2.05, 4.69) is 4.72 Å². The summed E-state index contributed by atoms with van der Waals surface area (Å²) >= 11 is 0. The van der Waals surface area contributed by atoms with Crippen molar-refractivity contribution in [2.75, 3.05) is 23.6 Å². The van der Waals surface area contributed by atoms with E-state index in [0.717, 1.165) is 16.9 Å². The van der Waals surface area contributed by atoms with Crippen molar-refractivity contribution in [2.45, 2.75) is 20.8 Å². The molecule has 0 bridgehead atoms. The van der Waals surface area contributed by atoms with E-state index in [-0.39, 0.29) is 12.3 Å². The molecule has 0 unspecified atom stereocenters. The molecule has 6 heteroatoms. The number of rotatable bonds is 6. The molecule has 0 aliphatic heterocycles. The number of nitrogens with two attached hydrogens (primary N) is 1. The number of benzene rings is 1. The van der Waals surface area contributed by atoms with Crippen molar-refractivity contribution < 1.29 is 13.2 Å². The minimum absolute atomic E-state index is 0.0846. The van der Waals surface area contributed by atoms with Gasteiger partial charge in [-0.1, -0.05) is 0 Å². The van der Waals surface area contributed by atoms with Gasteiger partial charge in [-0.15, -0.1) is 0 Å². The monoisotopic (exact) mass is 272 g/mol. The van der Waals surface area contributed by atoms with Crippen LogP contribution in [0.25, 0.3) is 0 Å². The molecule has 5 nitrogen and oxygen atoms in total. The Morgan fingerprint density at radius 3 is 2.50 bits per heavy atom. The SMILES string of the molecule is CCOc1cc(C)c(NS(=O)(=O)CCN)cc1C. The van der Waals surface area contributed by atoms with E-state index in [1.165, 1.54) is 0 Å². The maximum absolute atomic E-state index is 11.7. The van der Waals surface area contributed by atoms with E-state index in [1.54, 1.807) is 6.07 Å². The van der Waals surface area contributed by atoms with E-state index in [1.807, 2.05) is 26.8 Å². The molecule has 0 aliphatic carbocycles. The molecular formula is C12H20N2O3S. The van der Waals surface area contributed by atoms with Crippen LogP contribution >= 0.6 is 0 Å². The Balaban J connectivity index is 3.01. The van der Waals surface area contributed by atoms with Crippen LogP contribution in [0.4, 0.5) is 5.69 Å². The van der Waals surface area contributed by atoms with Crippen molar-refractivity contribution in [1.29, 1.82) is 0 Å². The average molecular weight is 272 g/mol. The molecule has 0 aliphatic rings. The van der Waals surface area contributed by atoms with Gasteiger partial charge in [0.15, 0.2) is 0 Å². The zero-order chi connectivity index (χ0) is 13.8. The van der Waals surface area contributed by atoms with Crippen LogP contribution in [0.2, 0.25) is 0 Å². The Bertz CT molecular complexity index is 512. The molecular weight excluding hydrogens is 252 g/mol. The molecule has 0 spiro atoms. The molecule has 0 saturated carbocycles. The van der Waals surface area contributed by atoms with Gasteiger partial charge >= 0.3 is 0 Å². The summed E-state index contributed by atoms with van der Waals surface area (Å²) in [5, 5.41) is 0. The molecule has 0 heterocycles. The molecule has 1 aromatic rings. The molecule has 1 rings (SSSR count). The lowest BCUT2D eigenvalue weighted by atomic mass is 10.1. The van der Waals surface area contributed by atoms with Gasteiger partial charge in [-0.25, -0.2) is 8.42 Å². The Hall–Kier alpha value is -1.27.